The van der Waals surface area contributed by atoms with E-state index in [1.54, 1.807) is 0 Å². The zero-order valence-electron chi connectivity index (χ0n) is 19.3. The number of rotatable bonds is 4. The van der Waals surface area contributed by atoms with Gasteiger partial charge in [0.2, 0.25) is 0 Å². The molecule has 3 heteroatoms. The Morgan fingerprint density at radius 1 is 0.857 bits per heavy atom. The summed E-state index contributed by atoms with van der Waals surface area (Å²) >= 11 is 0. The van der Waals surface area contributed by atoms with Gasteiger partial charge < -0.3 is 0 Å². The SMILES string of the molecule is O=Cc1ccc(N2N=C(c3ccc4c5c6c(ccc35)C=CCC6C=C4)CC2c2ccccc2)cc1. The van der Waals surface area contributed by atoms with E-state index in [4.69, 9.17) is 5.10 Å². The second-order valence-corrected chi connectivity index (χ2v) is 9.53. The highest BCUT2D eigenvalue weighted by molar-refractivity contribution is 6.15. The van der Waals surface area contributed by atoms with Crippen molar-refractivity contribution in [2.75, 3.05) is 5.01 Å². The summed E-state index contributed by atoms with van der Waals surface area (Å²) in [5.41, 5.74) is 9.31. The minimum absolute atomic E-state index is 0.101. The Bertz CT molecular complexity index is 1560. The summed E-state index contributed by atoms with van der Waals surface area (Å²) < 4.78 is 0. The zero-order chi connectivity index (χ0) is 23.4. The Morgan fingerprint density at radius 3 is 2.51 bits per heavy atom. The Kier molecular flexibility index (Phi) is 4.56. The average molecular weight is 453 g/mol. The van der Waals surface area contributed by atoms with Gasteiger partial charge in [-0.1, -0.05) is 78.9 Å². The summed E-state index contributed by atoms with van der Waals surface area (Å²) in [7, 11) is 0. The highest BCUT2D eigenvalue weighted by Crippen LogP contribution is 2.44. The molecule has 3 aliphatic rings. The van der Waals surface area contributed by atoms with E-state index in [2.05, 4.69) is 83.9 Å². The molecule has 2 atom stereocenters. The van der Waals surface area contributed by atoms with Crippen molar-refractivity contribution < 1.29 is 4.79 Å². The van der Waals surface area contributed by atoms with Gasteiger partial charge in [0.05, 0.1) is 17.4 Å². The van der Waals surface area contributed by atoms with Crippen LogP contribution >= 0.6 is 0 Å². The first kappa shape index (κ1) is 20.2. The summed E-state index contributed by atoms with van der Waals surface area (Å²) in [5, 5.41) is 9.99. The van der Waals surface area contributed by atoms with E-state index in [1.807, 2.05) is 24.3 Å². The normalized spacial score (nSPS) is 19.8. The van der Waals surface area contributed by atoms with Crippen LogP contribution < -0.4 is 5.01 Å². The van der Waals surface area contributed by atoms with Crippen molar-refractivity contribution in [3.63, 3.8) is 0 Å². The van der Waals surface area contributed by atoms with E-state index in [0.29, 0.717) is 11.5 Å². The van der Waals surface area contributed by atoms with E-state index < -0.39 is 0 Å². The second kappa shape index (κ2) is 7.92. The van der Waals surface area contributed by atoms with Crippen molar-refractivity contribution in [3.8, 4) is 0 Å². The molecular weight excluding hydrogens is 428 g/mol. The fraction of sp³-hybridized carbons (Fsp3) is 0.125. The number of aldehydes is 1. The van der Waals surface area contributed by atoms with Gasteiger partial charge in [0.15, 0.2) is 0 Å². The molecule has 2 aliphatic carbocycles. The molecule has 4 aromatic rings. The van der Waals surface area contributed by atoms with E-state index in [9.17, 15) is 4.79 Å². The van der Waals surface area contributed by atoms with Crippen molar-refractivity contribution in [2.45, 2.75) is 24.8 Å². The lowest BCUT2D eigenvalue weighted by Gasteiger charge is -2.26. The van der Waals surface area contributed by atoms with Gasteiger partial charge in [-0.15, -0.1) is 0 Å². The van der Waals surface area contributed by atoms with Crippen LogP contribution in [0.3, 0.4) is 0 Å². The van der Waals surface area contributed by atoms with Crippen LogP contribution in [0.1, 0.15) is 63.0 Å². The molecule has 0 radical (unpaired) electrons. The third kappa shape index (κ3) is 3.19. The molecule has 35 heavy (non-hydrogen) atoms. The van der Waals surface area contributed by atoms with Crippen LogP contribution in [0.5, 0.6) is 0 Å². The number of carbonyl (C=O) groups is 1. The van der Waals surface area contributed by atoms with Gasteiger partial charge in [-0.3, -0.25) is 9.80 Å². The monoisotopic (exact) mass is 452 g/mol. The molecule has 0 spiro atoms. The molecule has 0 saturated carbocycles. The summed E-state index contributed by atoms with van der Waals surface area (Å²) in [6, 6.07) is 27.4. The predicted octanol–water partition coefficient (Wildman–Crippen LogP) is 7.54. The standard InChI is InChI=1S/C32H24N2O/c35-20-21-9-15-26(16-10-21)34-30(22-5-2-1-3-6-22)19-29(33-34)27-17-13-25-12-11-23-7-4-8-24-14-18-28(27)32(25)31(23)24/h1-6,8-18,20,23,30H,7,19H2. The summed E-state index contributed by atoms with van der Waals surface area (Å²) in [6.45, 7) is 0. The molecule has 3 nitrogen and oxygen atoms in total. The first-order valence-electron chi connectivity index (χ1n) is 12.2. The lowest BCUT2D eigenvalue weighted by Crippen LogP contribution is -2.18. The number of anilines is 1. The summed E-state index contributed by atoms with van der Waals surface area (Å²) in [6.07, 6.45) is 12.0. The molecule has 0 aromatic heterocycles. The zero-order valence-corrected chi connectivity index (χ0v) is 19.3. The molecule has 7 rings (SSSR count). The van der Waals surface area contributed by atoms with E-state index in [-0.39, 0.29) is 6.04 Å². The number of allylic oxidation sites excluding steroid dienone is 2. The molecule has 1 aliphatic heterocycles. The molecule has 2 unspecified atom stereocenters. The molecule has 0 fully saturated rings. The molecule has 0 amide bonds. The number of carbonyl (C=O) groups excluding carboxylic acids is 1. The number of hydrazone groups is 1. The Balaban J connectivity index is 1.39. The fourth-order valence-electron chi connectivity index (χ4n) is 5.86. The van der Waals surface area contributed by atoms with Crippen LogP contribution in [0.4, 0.5) is 5.69 Å². The van der Waals surface area contributed by atoms with E-state index in [0.717, 1.165) is 30.5 Å². The second-order valence-electron chi connectivity index (χ2n) is 9.53. The highest BCUT2D eigenvalue weighted by atomic mass is 16.1. The number of benzene rings is 4. The summed E-state index contributed by atoms with van der Waals surface area (Å²) in [4.78, 5) is 11.2. The van der Waals surface area contributed by atoms with Crippen molar-refractivity contribution in [1.29, 1.82) is 0 Å². The average Bonchev–Trinajstić information content (AvgIpc) is 3.37. The van der Waals surface area contributed by atoms with Crippen LogP contribution in [0.15, 0.2) is 96.1 Å². The van der Waals surface area contributed by atoms with Gasteiger partial charge in [-0.05, 0) is 63.7 Å². The lowest BCUT2D eigenvalue weighted by atomic mass is 9.77. The molecule has 168 valence electrons. The Hall–Kier alpha value is -4.24. The first-order chi connectivity index (χ1) is 17.3. The van der Waals surface area contributed by atoms with E-state index >= 15 is 0 Å². The van der Waals surface area contributed by atoms with Crippen molar-refractivity contribution >= 4 is 40.6 Å². The van der Waals surface area contributed by atoms with Crippen molar-refractivity contribution in [2.24, 2.45) is 5.10 Å². The fourth-order valence-corrected chi connectivity index (χ4v) is 5.86. The van der Waals surface area contributed by atoms with Crippen LogP contribution in [0.2, 0.25) is 0 Å². The third-order valence-corrected chi connectivity index (χ3v) is 7.55. The maximum Gasteiger partial charge on any atom is 0.150 e. The lowest BCUT2D eigenvalue weighted by molar-refractivity contribution is 0.112. The minimum Gasteiger partial charge on any atom is -0.298 e. The van der Waals surface area contributed by atoms with E-state index in [1.165, 1.54) is 38.6 Å². The maximum atomic E-state index is 11.2. The molecule has 0 saturated heterocycles. The third-order valence-electron chi connectivity index (χ3n) is 7.55. The predicted molar refractivity (Wildman–Crippen MR) is 144 cm³/mol. The van der Waals surface area contributed by atoms with Gasteiger partial charge in [-0.2, -0.15) is 5.10 Å². The number of nitrogens with zero attached hydrogens (tertiary/aromatic N) is 2. The largest absolute Gasteiger partial charge is 0.298 e. The molecule has 1 heterocycles. The first-order valence-corrected chi connectivity index (χ1v) is 12.2. The molecular formula is C32H24N2O. The number of hydrogen-bond donors (Lipinski definition) is 0. The van der Waals surface area contributed by atoms with Crippen molar-refractivity contribution in [1.82, 2.24) is 0 Å². The summed E-state index contributed by atoms with van der Waals surface area (Å²) in [5.74, 6) is 0.455. The van der Waals surface area contributed by atoms with Gasteiger partial charge >= 0.3 is 0 Å². The Morgan fingerprint density at radius 2 is 1.69 bits per heavy atom. The van der Waals surface area contributed by atoms with Crippen LogP contribution in [0, 0.1) is 0 Å². The topological polar surface area (TPSA) is 32.7 Å². The molecule has 0 N–H and O–H groups in total. The smallest absolute Gasteiger partial charge is 0.150 e. The van der Waals surface area contributed by atoms with Gasteiger partial charge in [0.25, 0.3) is 0 Å². The highest BCUT2D eigenvalue weighted by Gasteiger charge is 2.31. The quantitative estimate of drug-likeness (QED) is 0.300. The maximum absolute atomic E-state index is 11.2. The minimum atomic E-state index is 0.101. The van der Waals surface area contributed by atoms with Crippen LogP contribution in [-0.4, -0.2) is 12.0 Å². The van der Waals surface area contributed by atoms with Crippen molar-refractivity contribution in [3.05, 3.63) is 124 Å². The Labute approximate surface area is 204 Å². The van der Waals surface area contributed by atoms with Gasteiger partial charge in [0, 0.05) is 23.5 Å². The number of hydrogen-bond acceptors (Lipinski definition) is 3. The van der Waals surface area contributed by atoms with Gasteiger partial charge in [-0.25, -0.2) is 0 Å². The molecule has 4 aromatic carbocycles. The molecule has 0 bridgehead atoms. The van der Waals surface area contributed by atoms with Crippen LogP contribution in [-0.2, 0) is 0 Å². The van der Waals surface area contributed by atoms with Gasteiger partial charge in [0.1, 0.15) is 6.29 Å². The van der Waals surface area contributed by atoms with Crippen LogP contribution in [0.25, 0.3) is 22.9 Å².